The lowest BCUT2D eigenvalue weighted by Crippen LogP contribution is -2.40. The molecule has 3 rings (SSSR count). The van der Waals surface area contributed by atoms with Crippen LogP contribution in [0.4, 0.5) is 5.69 Å². The van der Waals surface area contributed by atoms with Crippen LogP contribution >= 0.6 is 34.8 Å². The molecule has 0 bridgehead atoms. The van der Waals surface area contributed by atoms with E-state index in [-0.39, 0.29) is 10.7 Å². The Morgan fingerprint density at radius 3 is 2.33 bits per heavy atom. The first kappa shape index (κ1) is 22.0. The minimum atomic E-state index is -0.908. The van der Waals surface area contributed by atoms with Crippen LogP contribution < -0.4 is 16.1 Å². The molecule has 3 amide bonds. The number of hydrogen-bond donors (Lipinski definition) is 3. The van der Waals surface area contributed by atoms with Crippen molar-refractivity contribution < 1.29 is 14.4 Å². The quantitative estimate of drug-likeness (QED) is 0.484. The summed E-state index contributed by atoms with van der Waals surface area (Å²) in [5.41, 5.74) is 3.37. The second-order valence-corrected chi connectivity index (χ2v) is 7.62. The fourth-order valence-electron chi connectivity index (χ4n) is 2.72. The lowest BCUT2D eigenvalue weighted by molar-refractivity contribution is -0.136. The smallest absolute Gasteiger partial charge is 0.328 e. The third-order valence-electron chi connectivity index (χ3n) is 4.13. The first-order valence-electron chi connectivity index (χ1n) is 8.96. The van der Waals surface area contributed by atoms with Gasteiger partial charge in [-0.1, -0.05) is 41.7 Å². The number of hydrogen-bond acceptors (Lipinski definition) is 3. The number of nitrogens with zero attached hydrogens (tertiary/aromatic N) is 1. The molecule has 0 spiro atoms. The van der Waals surface area contributed by atoms with Crippen LogP contribution in [0.5, 0.6) is 0 Å². The van der Waals surface area contributed by atoms with Gasteiger partial charge in [-0.3, -0.25) is 19.8 Å². The molecule has 3 N–H and O–H groups in total. The van der Waals surface area contributed by atoms with Gasteiger partial charge in [-0.05, 0) is 48.9 Å². The van der Waals surface area contributed by atoms with Gasteiger partial charge >= 0.3 is 11.8 Å². The van der Waals surface area contributed by atoms with Gasteiger partial charge in [-0.2, -0.15) is 0 Å². The van der Waals surface area contributed by atoms with E-state index in [1.54, 1.807) is 36.4 Å². The Morgan fingerprint density at radius 2 is 1.63 bits per heavy atom. The minimum absolute atomic E-state index is 0.0786. The Morgan fingerprint density at radius 1 is 0.933 bits per heavy atom. The van der Waals surface area contributed by atoms with E-state index in [2.05, 4.69) is 16.1 Å². The summed E-state index contributed by atoms with van der Waals surface area (Å²) in [4.78, 5) is 37.2. The van der Waals surface area contributed by atoms with Crippen molar-refractivity contribution in [3.63, 3.8) is 0 Å². The van der Waals surface area contributed by atoms with Crippen LogP contribution in [0.3, 0.4) is 0 Å². The Balaban J connectivity index is 1.96. The van der Waals surface area contributed by atoms with Gasteiger partial charge in [-0.25, -0.2) is 4.68 Å². The van der Waals surface area contributed by atoms with E-state index < -0.39 is 17.7 Å². The molecule has 0 saturated heterocycles. The van der Waals surface area contributed by atoms with Gasteiger partial charge in [0.2, 0.25) is 0 Å². The zero-order valence-corrected chi connectivity index (χ0v) is 18.0. The Labute approximate surface area is 187 Å². The summed E-state index contributed by atoms with van der Waals surface area (Å²) in [6.45, 7) is 2.22. The number of anilines is 1. The Hall–Kier alpha value is -2.74. The molecule has 156 valence electrons. The molecule has 0 unspecified atom stereocenters. The first-order valence-corrected chi connectivity index (χ1v) is 10.1. The SMILES string of the molecule is CCCNC(=O)C(=O)Nn1c(C(=O)Nc2ccc(Cl)cc2Cl)cc2cc(Cl)ccc21. The van der Waals surface area contributed by atoms with Gasteiger partial charge < -0.3 is 10.6 Å². The van der Waals surface area contributed by atoms with Gasteiger partial charge in [0.1, 0.15) is 5.69 Å². The zero-order chi connectivity index (χ0) is 21.8. The summed E-state index contributed by atoms with van der Waals surface area (Å²) in [5.74, 6) is -2.27. The topological polar surface area (TPSA) is 92.2 Å². The first-order chi connectivity index (χ1) is 14.3. The minimum Gasteiger partial charge on any atom is -0.348 e. The van der Waals surface area contributed by atoms with Crippen molar-refractivity contribution in [1.29, 1.82) is 0 Å². The van der Waals surface area contributed by atoms with Gasteiger partial charge in [-0.15, -0.1) is 0 Å². The number of nitrogens with one attached hydrogen (secondary N) is 3. The van der Waals surface area contributed by atoms with Gasteiger partial charge in [0.25, 0.3) is 5.91 Å². The van der Waals surface area contributed by atoms with E-state index >= 15 is 0 Å². The number of carbonyl (C=O) groups excluding carboxylic acids is 3. The maximum Gasteiger partial charge on any atom is 0.328 e. The van der Waals surface area contributed by atoms with E-state index in [0.717, 1.165) is 0 Å². The van der Waals surface area contributed by atoms with E-state index in [1.165, 1.54) is 10.7 Å². The standard InChI is InChI=1S/C20H17Cl3N4O3/c1-2-7-24-19(29)20(30)26-27-16-6-4-12(21)8-11(16)9-17(27)18(28)25-15-5-3-13(22)10-14(15)23/h3-6,8-10H,2,7H2,1H3,(H,24,29)(H,25,28)(H,26,30). The second-order valence-electron chi connectivity index (χ2n) is 6.34. The lowest BCUT2D eigenvalue weighted by Gasteiger charge is -2.13. The third kappa shape index (κ3) is 4.87. The van der Waals surface area contributed by atoms with Gasteiger partial charge in [0.15, 0.2) is 0 Å². The summed E-state index contributed by atoms with van der Waals surface area (Å²) in [6, 6.07) is 11.1. The zero-order valence-electron chi connectivity index (χ0n) is 15.8. The van der Waals surface area contributed by atoms with Crippen molar-refractivity contribution in [2.24, 2.45) is 0 Å². The molecule has 1 aromatic heterocycles. The van der Waals surface area contributed by atoms with Gasteiger partial charge in [0, 0.05) is 22.0 Å². The summed E-state index contributed by atoms with van der Waals surface area (Å²) in [6.07, 6.45) is 0.680. The summed E-state index contributed by atoms with van der Waals surface area (Å²) < 4.78 is 1.23. The summed E-state index contributed by atoms with van der Waals surface area (Å²) in [7, 11) is 0. The van der Waals surface area contributed by atoms with Crippen LogP contribution in [-0.4, -0.2) is 28.9 Å². The molecule has 30 heavy (non-hydrogen) atoms. The van der Waals surface area contributed by atoms with Crippen LogP contribution in [0.1, 0.15) is 23.8 Å². The number of amides is 3. The predicted octanol–water partition coefficient (Wildman–Crippen LogP) is 4.45. The molecule has 10 heteroatoms. The van der Waals surface area contributed by atoms with E-state index in [9.17, 15) is 14.4 Å². The van der Waals surface area contributed by atoms with Crippen molar-refractivity contribution in [3.8, 4) is 0 Å². The second kappa shape index (κ2) is 9.38. The van der Waals surface area contributed by atoms with Crippen molar-refractivity contribution in [2.75, 3.05) is 17.3 Å². The molecule has 0 aliphatic heterocycles. The molecule has 0 aliphatic rings. The number of benzene rings is 2. The fourth-order valence-corrected chi connectivity index (χ4v) is 3.36. The average Bonchev–Trinajstić information content (AvgIpc) is 3.05. The molecular formula is C20H17Cl3N4O3. The Bertz CT molecular complexity index is 1140. The highest BCUT2D eigenvalue weighted by Gasteiger charge is 2.21. The monoisotopic (exact) mass is 466 g/mol. The molecule has 0 aliphatic carbocycles. The predicted molar refractivity (Wildman–Crippen MR) is 119 cm³/mol. The van der Waals surface area contributed by atoms with Crippen LogP contribution in [0.15, 0.2) is 42.5 Å². The highest BCUT2D eigenvalue weighted by molar-refractivity contribution is 6.38. The molecule has 7 nitrogen and oxygen atoms in total. The number of rotatable bonds is 5. The molecule has 3 aromatic rings. The van der Waals surface area contributed by atoms with E-state index in [0.29, 0.717) is 39.6 Å². The average molecular weight is 468 g/mol. The highest BCUT2D eigenvalue weighted by atomic mass is 35.5. The van der Waals surface area contributed by atoms with Crippen molar-refractivity contribution in [2.45, 2.75) is 13.3 Å². The van der Waals surface area contributed by atoms with Gasteiger partial charge in [0.05, 0.1) is 16.2 Å². The van der Waals surface area contributed by atoms with Crippen molar-refractivity contribution in [1.82, 2.24) is 9.99 Å². The van der Waals surface area contributed by atoms with Crippen LogP contribution in [0.2, 0.25) is 15.1 Å². The Kier molecular flexibility index (Phi) is 6.87. The highest BCUT2D eigenvalue weighted by Crippen LogP contribution is 2.27. The molecular weight excluding hydrogens is 451 g/mol. The number of aromatic nitrogens is 1. The van der Waals surface area contributed by atoms with Crippen molar-refractivity contribution >= 4 is 69.1 Å². The van der Waals surface area contributed by atoms with Crippen LogP contribution in [0, 0.1) is 0 Å². The number of fused-ring (bicyclic) bond motifs is 1. The molecule has 0 atom stereocenters. The third-order valence-corrected chi connectivity index (χ3v) is 4.91. The van der Waals surface area contributed by atoms with Crippen LogP contribution in [-0.2, 0) is 9.59 Å². The number of halogens is 3. The summed E-state index contributed by atoms with van der Waals surface area (Å²) in [5, 5.41) is 6.89. The van der Waals surface area contributed by atoms with E-state index in [1.807, 2.05) is 6.92 Å². The molecule has 0 fully saturated rings. The van der Waals surface area contributed by atoms with E-state index in [4.69, 9.17) is 34.8 Å². The normalized spacial score (nSPS) is 10.7. The van der Waals surface area contributed by atoms with Crippen LogP contribution in [0.25, 0.3) is 10.9 Å². The lowest BCUT2D eigenvalue weighted by atomic mass is 10.2. The maximum absolute atomic E-state index is 12.9. The molecule has 0 radical (unpaired) electrons. The fraction of sp³-hybridized carbons (Fsp3) is 0.150. The summed E-state index contributed by atoms with van der Waals surface area (Å²) >= 11 is 18.1. The molecule has 2 aromatic carbocycles. The molecule has 0 saturated carbocycles. The maximum atomic E-state index is 12.9. The largest absolute Gasteiger partial charge is 0.348 e. The number of carbonyl (C=O) groups is 3. The molecule has 1 heterocycles. The van der Waals surface area contributed by atoms with Crippen molar-refractivity contribution in [3.05, 3.63) is 63.2 Å².